The summed E-state index contributed by atoms with van der Waals surface area (Å²) in [6.45, 7) is 1.42. The Morgan fingerprint density at radius 1 is 1.10 bits per heavy atom. The Labute approximate surface area is 170 Å². The molecule has 2 aromatic carbocycles. The molecule has 0 N–H and O–H groups in total. The van der Waals surface area contributed by atoms with E-state index in [0.717, 1.165) is 38.6 Å². The number of methoxy groups -OCH3 is 1. The number of carbonyl (C=O) groups excluding carboxylic acids is 1. The minimum absolute atomic E-state index is 0.0330. The van der Waals surface area contributed by atoms with Gasteiger partial charge in [0.2, 0.25) is 10.0 Å². The number of anilines is 1. The van der Waals surface area contributed by atoms with Crippen molar-refractivity contribution in [3.05, 3.63) is 59.4 Å². The minimum atomic E-state index is -3.65. The zero-order valence-corrected chi connectivity index (χ0v) is 17.4. The van der Waals surface area contributed by atoms with Gasteiger partial charge in [0, 0.05) is 24.2 Å². The summed E-state index contributed by atoms with van der Waals surface area (Å²) < 4.78 is 44.6. The summed E-state index contributed by atoms with van der Waals surface area (Å²) in [6.07, 6.45) is 4.19. The molecule has 0 radical (unpaired) electrons. The van der Waals surface area contributed by atoms with Crippen LogP contribution in [0.2, 0.25) is 0 Å². The van der Waals surface area contributed by atoms with E-state index in [1.165, 1.54) is 35.7 Å². The third kappa shape index (κ3) is 5.06. The number of nitrogens with zero attached hydrogens (tertiary/aromatic N) is 2. The molecule has 6 nitrogen and oxygen atoms in total. The molecule has 1 aliphatic rings. The quantitative estimate of drug-likeness (QED) is 0.718. The van der Waals surface area contributed by atoms with Gasteiger partial charge in [0.15, 0.2) is 0 Å². The lowest BCUT2D eigenvalue weighted by Crippen LogP contribution is -2.35. The number of piperidine rings is 1. The lowest BCUT2D eigenvalue weighted by Gasteiger charge is -2.27. The summed E-state index contributed by atoms with van der Waals surface area (Å²) >= 11 is 0. The van der Waals surface area contributed by atoms with Gasteiger partial charge in [-0.15, -0.1) is 0 Å². The number of hydrogen-bond acceptors (Lipinski definition) is 4. The largest absolute Gasteiger partial charge is 0.496 e. The first kappa shape index (κ1) is 21.1. The molecule has 29 heavy (non-hydrogen) atoms. The van der Waals surface area contributed by atoms with E-state index in [1.54, 1.807) is 18.2 Å². The minimum Gasteiger partial charge on any atom is -0.496 e. The molecule has 3 rings (SSSR count). The van der Waals surface area contributed by atoms with Gasteiger partial charge in [-0.3, -0.25) is 9.10 Å². The van der Waals surface area contributed by atoms with Gasteiger partial charge in [-0.25, -0.2) is 12.8 Å². The predicted molar refractivity (Wildman–Crippen MR) is 110 cm³/mol. The maximum absolute atomic E-state index is 13.3. The Hall–Kier alpha value is -2.61. The van der Waals surface area contributed by atoms with Gasteiger partial charge in [0.25, 0.3) is 5.91 Å². The van der Waals surface area contributed by atoms with Gasteiger partial charge in [-0.05, 0) is 61.7 Å². The predicted octanol–water partition coefficient (Wildman–Crippen LogP) is 3.43. The Morgan fingerprint density at radius 3 is 2.34 bits per heavy atom. The summed E-state index contributed by atoms with van der Waals surface area (Å²) in [5.74, 6) is -0.0360. The van der Waals surface area contributed by atoms with Crippen molar-refractivity contribution >= 4 is 21.6 Å². The van der Waals surface area contributed by atoms with Gasteiger partial charge < -0.3 is 9.64 Å². The SMILES string of the molecule is COc1ccc(C(=O)N2CCCCC2)cc1CN(c1ccc(F)cc1)S(C)(=O)=O. The number of halogens is 1. The van der Waals surface area contributed by atoms with E-state index < -0.39 is 15.8 Å². The molecule has 0 unspecified atom stereocenters. The molecule has 2 aromatic rings. The molecule has 156 valence electrons. The highest BCUT2D eigenvalue weighted by molar-refractivity contribution is 7.92. The van der Waals surface area contributed by atoms with E-state index in [9.17, 15) is 17.6 Å². The monoisotopic (exact) mass is 420 g/mol. The van der Waals surface area contributed by atoms with Crippen molar-refractivity contribution in [3.8, 4) is 5.75 Å². The van der Waals surface area contributed by atoms with Crippen LogP contribution in [0.15, 0.2) is 42.5 Å². The van der Waals surface area contributed by atoms with Crippen molar-refractivity contribution in [3.63, 3.8) is 0 Å². The first-order chi connectivity index (χ1) is 13.8. The topological polar surface area (TPSA) is 66.9 Å². The summed E-state index contributed by atoms with van der Waals surface area (Å²) in [5.41, 5.74) is 1.39. The van der Waals surface area contributed by atoms with Crippen molar-refractivity contribution < 1.29 is 22.3 Å². The van der Waals surface area contributed by atoms with Crippen LogP contribution in [0, 0.1) is 5.82 Å². The molecule has 0 spiro atoms. The van der Waals surface area contributed by atoms with Crippen LogP contribution in [0.4, 0.5) is 10.1 Å². The van der Waals surface area contributed by atoms with Crippen LogP contribution in [0.25, 0.3) is 0 Å². The average molecular weight is 421 g/mol. The number of ether oxygens (including phenoxy) is 1. The Balaban J connectivity index is 1.94. The van der Waals surface area contributed by atoms with E-state index in [-0.39, 0.29) is 12.5 Å². The van der Waals surface area contributed by atoms with Gasteiger partial charge in [0.05, 0.1) is 25.6 Å². The van der Waals surface area contributed by atoms with Crippen molar-refractivity contribution in [2.75, 3.05) is 30.8 Å². The van der Waals surface area contributed by atoms with Crippen LogP contribution < -0.4 is 9.04 Å². The van der Waals surface area contributed by atoms with Crippen LogP contribution in [-0.2, 0) is 16.6 Å². The van der Waals surface area contributed by atoms with E-state index in [0.29, 0.717) is 22.6 Å². The number of likely N-dealkylation sites (tertiary alicyclic amines) is 1. The fourth-order valence-electron chi connectivity index (χ4n) is 3.48. The number of carbonyl (C=O) groups is 1. The second-order valence-electron chi connectivity index (χ2n) is 7.13. The lowest BCUT2D eigenvalue weighted by atomic mass is 10.1. The highest BCUT2D eigenvalue weighted by Gasteiger charge is 2.23. The highest BCUT2D eigenvalue weighted by atomic mass is 32.2. The van der Waals surface area contributed by atoms with E-state index >= 15 is 0 Å². The molecule has 0 bridgehead atoms. The third-order valence-electron chi connectivity index (χ3n) is 5.00. The van der Waals surface area contributed by atoms with Crippen LogP contribution in [0.1, 0.15) is 35.2 Å². The second kappa shape index (κ2) is 8.82. The molecule has 1 aliphatic heterocycles. The Morgan fingerprint density at radius 2 is 1.76 bits per heavy atom. The molecule has 1 fully saturated rings. The first-order valence-corrected chi connectivity index (χ1v) is 11.3. The maximum atomic E-state index is 13.3. The normalized spacial score (nSPS) is 14.5. The summed E-state index contributed by atoms with van der Waals surface area (Å²) in [7, 11) is -2.15. The first-order valence-electron chi connectivity index (χ1n) is 9.49. The molecular formula is C21H25FN2O4S. The number of sulfonamides is 1. The zero-order chi connectivity index (χ0) is 21.0. The fraction of sp³-hybridized carbons (Fsp3) is 0.381. The van der Waals surface area contributed by atoms with Crippen LogP contribution in [-0.4, -0.2) is 45.7 Å². The molecule has 1 heterocycles. The number of rotatable bonds is 6. The summed E-state index contributed by atoms with van der Waals surface area (Å²) in [6, 6.07) is 10.3. The van der Waals surface area contributed by atoms with Crippen LogP contribution in [0.5, 0.6) is 5.75 Å². The summed E-state index contributed by atoms with van der Waals surface area (Å²) in [4.78, 5) is 14.7. The Kier molecular flexibility index (Phi) is 6.42. The van der Waals surface area contributed by atoms with Crippen LogP contribution in [0.3, 0.4) is 0 Å². The Bertz CT molecular complexity index is 971. The summed E-state index contributed by atoms with van der Waals surface area (Å²) in [5, 5.41) is 0. The average Bonchev–Trinajstić information content (AvgIpc) is 2.72. The lowest BCUT2D eigenvalue weighted by molar-refractivity contribution is 0.0724. The van der Waals surface area contributed by atoms with Gasteiger partial charge in [0.1, 0.15) is 11.6 Å². The zero-order valence-electron chi connectivity index (χ0n) is 16.6. The third-order valence-corrected chi connectivity index (χ3v) is 6.14. The maximum Gasteiger partial charge on any atom is 0.253 e. The van der Waals surface area contributed by atoms with Crippen molar-refractivity contribution in [2.24, 2.45) is 0 Å². The standard InChI is InChI=1S/C21H25FN2O4S/c1-28-20-11-6-16(21(25)23-12-4-3-5-13-23)14-17(20)15-24(29(2,26)27)19-9-7-18(22)8-10-19/h6-11,14H,3-5,12-13,15H2,1-2H3. The molecule has 8 heteroatoms. The molecule has 0 saturated carbocycles. The molecular weight excluding hydrogens is 395 g/mol. The van der Waals surface area contributed by atoms with Crippen molar-refractivity contribution in [2.45, 2.75) is 25.8 Å². The van der Waals surface area contributed by atoms with Gasteiger partial charge in [-0.1, -0.05) is 0 Å². The number of amides is 1. The number of benzene rings is 2. The fourth-order valence-corrected chi connectivity index (χ4v) is 4.36. The highest BCUT2D eigenvalue weighted by Crippen LogP contribution is 2.27. The molecule has 0 atom stereocenters. The smallest absolute Gasteiger partial charge is 0.253 e. The molecule has 1 amide bonds. The second-order valence-corrected chi connectivity index (χ2v) is 9.03. The van der Waals surface area contributed by atoms with Crippen molar-refractivity contribution in [1.29, 1.82) is 0 Å². The van der Waals surface area contributed by atoms with E-state index in [4.69, 9.17) is 4.74 Å². The molecule has 0 aliphatic carbocycles. The van der Waals surface area contributed by atoms with E-state index in [1.807, 2.05) is 4.90 Å². The van der Waals surface area contributed by atoms with E-state index in [2.05, 4.69) is 0 Å². The van der Waals surface area contributed by atoms with Crippen molar-refractivity contribution in [1.82, 2.24) is 4.90 Å². The number of hydrogen-bond donors (Lipinski definition) is 0. The molecule has 0 aromatic heterocycles. The van der Waals surface area contributed by atoms with Gasteiger partial charge >= 0.3 is 0 Å². The molecule has 1 saturated heterocycles. The van der Waals surface area contributed by atoms with Crippen LogP contribution >= 0.6 is 0 Å². The van der Waals surface area contributed by atoms with Gasteiger partial charge in [-0.2, -0.15) is 0 Å².